The van der Waals surface area contributed by atoms with Crippen molar-refractivity contribution in [3.8, 4) is 11.5 Å². The van der Waals surface area contributed by atoms with Crippen LogP contribution in [0.5, 0.6) is 11.5 Å². The molecule has 0 bridgehead atoms. The van der Waals surface area contributed by atoms with E-state index in [1.807, 2.05) is 24.3 Å². The Balaban J connectivity index is 1.79. The van der Waals surface area contributed by atoms with Gasteiger partial charge in [-0.2, -0.15) is 4.98 Å². The zero-order valence-corrected chi connectivity index (χ0v) is 10.0. The molecule has 2 aromatic rings. The number of rotatable bonds is 3. The van der Waals surface area contributed by atoms with Gasteiger partial charge < -0.3 is 24.8 Å². The van der Waals surface area contributed by atoms with Gasteiger partial charge in [0.05, 0.1) is 6.61 Å². The minimum atomic E-state index is -0.682. The first kappa shape index (κ1) is 11.9. The average Bonchev–Trinajstić information content (AvgIpc) is 2.95. The predicted molar refractivity (Wildman–Crippen MR) is 63.6 cm³/mol. The number of aromatic nitrogens is 2. The van der Waals surface area contributed by atoms with E-state index < -0.39 is 12.1 Å². The molecule has 0 amide bonds. The van der Waals surface area contributed by atoms with Gasteiger partial charge in [0.1, 0.15) is 12.6 Å². The third-order valence-electron chi connectivity index (χ3n) is 2.77. The van der Waals surface area contributed by atoms with Gasteiger partial charge in [0.25, 0.3) is 0 Å². The molecule has 1 unspecified atom stereocenters. The average molecular weight is 263 g/mol. The summed E-state index contributed by atoms with van der Waals surface area (Å²) in [6.07, 6.45) is -0.446. The van der Waals surface area contributed by atoms with Crippen molar-refractivity contribution in [1.29, 1.82) is 0 Å². The Morgan fingerprint density at radius 3 is 2.95 bits per heavy atom. The molecule has 2 heterocycles. The number of hydrogen-bond donors (Lipinski definition) is 2. The van der Waals surface area contributed by atoms with E-state index in [0.717, 1.165) is 0 Å². The molecule has 0 fully saturated rings. The van der Waals surface area contributed by atoms with Crippen molar-refractivity contribution < 1.29 is 19.1 Å². The number of hydrogen-bond acceptors (Lipinski definition) is 7. The van der Waals surface area contributed by atoms with Gasteiger partial charge in [0.2, 0.25) is 11.7 Å². The highest BCUT2D eigenvalue weighted by molar-refractivity contribution is 5.40. The molecule has 2 atom stereocenters. The molecule has 7 heteroatoms. The van der Waals surface area contributed by atoms with Crippen molar-refractivity contribution in [1.82, 2.24) is 10.1 Å². The Bertz CT molecular complexity index is 572. The molecule has 0 saturated carbocycles. The molecule has 3 rings (SSSR count). The molecule has 100 valence electrons. The molecular formula is C12H13N3O4. The van der Waals surface area contributed by atoms with Crippen LogP contribution < -0.4 is 15.2 Å². The Kier molecular flexibility index (Phi) is 3.06. The van der Waals surface area contributed by atoms with Crippen LogP contribution in [0.4, 0.5) is 0 Å². The second-order valence-electron chi connectivity index (χ2n) is 4.14. The molecule has 19 heavy (non-hydrogen) atoms. The smallest absolute Gasteiger partial charge is 0.246 e. The molecule has 3 N–H and O–H groups in total. The first-order valence-electron chi connectivity index (χ1n) is 5.86. The van der Waals surface area contributed by atoms with Gasteiger partial charge in [-0.1, -0.05) is 17.3 Å². The highest BCUT2D eigenvalue weighted by Crippen LogP contribution is 2.35. The molecule has 0 radical (unpaired) electrons. The predicted octanol–water partition coefficient (Wildman–Crippen LogP) is 0.574. The highest BCUT2D eigenvalue weighted by Gasteiger charge is 2.27. The molecule has 0 spiro atoms. The number of fused-ring (bicyclic) bond motifs is 1. The van der Waals surface area contributed by atoms with Crippen LogP contribution in [0.15, 0.2) is 28.8 Å². The number of aliphatic hydroxyl groups excluding tert-OH is 1. The summed E-state index contributed by atoms with van der Waals surface area (Å²) in [5.74, 6) is 1.86. The summed E-state index contributed by atoms with van der Waals surface area (Å²) in [4.78, 5) is 4.11. The zero-order chi connectivity index (χ0) is 13.2. The SMILES string of the molecule is N[C@@H](CO)c1nc(C2COc3ccccc3O2)no1. The van der Waals surface area contributed by atoms with Gasteiger partial charge in [-0.05, 0) is 12.1 Å². The van der Waals surface area contributed by atoms with Crippen LogP contribution in [-0.4, -0.2) is 28.5 Å². The van der Waals surface area contributed by atoms with E-state index in [1.54, 1.807) is 0 Å². The Morgan fingerprint density at radius 2 is 2.16 bits per heavy atom. The van der Waals surface area contributed by atoms with Crippen LogP contribution >= 0.6 is 0 Å². The van der Waals surface area contributed by atoms with E-state index >= 15 is 0 Å². The summed E-state index contributed by atoms with van der Waals surface area (Å²) in [7, 11) is 0. The van der Waals surface area contributed by atoms with Crippen LogP contribution in [-0.2, 0) is 0 Å². The second kappa shape index (κ2) is 4.87. The van der Waals surface area contributed by atoms with E-state index in [2.05, 4.69) is 10.1 Å². The van der Waals surface area contributed by atoms with Crippen LogP contribution in [0.2, 0.25) is 0 Å². The Morgan fingerprint density at radius 1 is 1.37 bits per heavy atom. The monoisotopic (exact) mass is 263 g/mol. The topological polar surface area (TPSA) is 104 Å². The second-order valence-corrected chi connectivity index (χ2v) is 4.14. The fraction of sp³-hybridized carbons (Fsp3) is 0.333. The van der Waals surface area contributed by atoms with Crippen LogP contribution in [0.25, 0.3) is 0 Å². The van der Waals surface area contributed by atoms with Crippen molar-refractivity contribution in [3.63, 3.8) is 0 Å². The van der Waals surface area contributed by atoms with Crippen LogP contribution in [0.3, 0.4) is 0 Å². The van der Waals surface area contributed by atoms with Gasteiger partial charge >= 0.3 is 0 Å². The van der Waals surface area contributed by atoms with Crippen molar-refractivity contribution in [2.75, 3.05) is 13.2 Å². The molecule has 1 aliphatic heterocycles. The summed E-state index contributed by atoms with van der Waals surface area (Å²) in [5, 5.41) is 12.7. The molecule has 1 aromatic heterocycles. The summed E-state index contributed by atoms with van der Waals surface area (Å²) < 4.78 is 16.3. The fourth-order valence-electron chi connectivity index (χ4n) is 1.75. The van der Waals surface area contributed by atoms with Gasteiger partial charge in [0, 0.05) is 0 Å². The number of benzene rings is 1. The minimum Gasteiger partial charge on any atom is -0.485 e. The summed E-state index contributed by atoms with van der Waals surface area (Å²) >= 11 is 0. The van der Waals surface area contributed by atoms with E-state index in [0.29, 0.717) is 23.9 Å². The van der Waals surface area contributed by atoms with Crippen molar-refractivity contribution in [3.05, 3.63) is 36.0 Å². The van der Waals surface area contributed by atoms with Crippen molar-refractivity contribution in [2.45, 2.75) is 12.1 Å². The third kappa shape index (κ3) is 2.25. The summed E-state index contributed by atoms with van der Waals surface area (Å²) in [5.41, 5.74) is 5.60. The van der Waals surface area contributed by atoms with Crippen LogP contribution in [0.1, 0.15) is 23.9 Å². The number of para-hydroxylation sites is 2. The number of nitrogens with two attached hydrogens (primary N) is 1. The maximum Gasteiger partial charge on any atom is 0.246 e. The van der Waals surface area contributed by atoms with Gasteiger partial charge in [-0.25, -0.2) is 0 Å². The number of aliphatic hydroxyl groups is 1. The van der Waals surface area contributed by atoms with Gasteiger partial charge in [-0.3, -0.25) is 0 Å². The normalized spacial score (nSPS) is 19.2. The number of ether oxygens (including phenoxy) is 2. The lowest BCUT2D eigenvalue weighted by Crippen LogP contribution is -2.23. The molecule has 0 aliphatic carbocycles. The minimum absolute atomic E-state index is 0.181. The molecule has 1 aliphatic rings. The Labute approximate surface area is 108 Å². The van der Waals surface area contributed by atoms with E-state index in [1.165, 1.54) is 0 Å². The lowest BCUT2D eigenvalue weighted by Gasteiger charge is -2.24. The zero-order valence-electron chi connectivity index (χ0n) is 10.0. The molecule has 7 nitrogen and oxygen atoms in total. The summed E-state index contributed by atoms with van der Waals surface area (Å²) in [6.45, 7) is 0.0385. The van der Waals surface area contributed by atoms with Gasteiger partial charge in [0.15, 0.2) is 17.6 Å². The molecular weight excluding hydrogens is 250 g/mol. The van der Waals surface area contributed by atoms with Gasteiger partial charge in [-0.15, -0.1) is 0 Å². The van der Waals surface area contributed by atoms with Crippen LogP contribution in [0, 0.1) is 0 Å². The largest absolute Gasteiger partial charge is 0.485 e. The third-order valence-corrected chi connectivity index (χ3v) is 2.77. The standard InChI is InChI=1S/C12H13N3O4/c13-7(5-16)12-14-11(15-19-12)10-6-17-8-3-1-2-4-9(8)18-10/h1-4,7,10,16H,5-6,13H2/t7-,10?/m0/s1. The maximum absolute atomic E-state index is 8.93. The van der Waals surface area contributed by atoms with Crippen molar-refractivity contribution in [2.24, 2.45) is 5.73 Å². The quantitative estimate of drug-likeness (QED) is 0.834. The Hall–Kier alpha value is -2.12. The van der Waals surface area contributed by atoms with Crippen molar-refractivity contribution >= 4 is 0 Å². The fourth-order valence-corrected chi connectivity index (χ4v) is 1.75. The maximum atomic E-state index is 8.93. The number of nitrogens with zero attached hydrogens (tertiary/aromatic N) is 2. The lowest BCUT2D eigenvalue weighted by molar-refractivity contribution is 0.0832. The molecule has 0 saturated heterocycles. The van der Waals surface area contributed by atoms with E-state index in [4.69, 9.17) is 24.8 Å². The summed E-state index contributed by atoms with van der Waals surface area (Å²) in [6, 6.07) is 6.68. The molecule has 1 aromatic carbocycles. The first-order valence-corrected chi connectivity index (χ1v) is 5.86. The highest BCUT2D eigenvalue weighted by atomic mass is 16.6. The first-order chi connectivity index (χ1) is 9.28. The van der Waals surface area contributed by atoms with E-state index in [-0.39, 0.29) is 12.5 Å². The van der Waals surface area contributed by atoms with E-state index in [9.17, 15) is 0 Å². The lowest BCUT2D eigenvalue weighted by atomic mass is 10.2.